The van der Waals surface area contributed by atoms with Crippen molar-refractivity contribution in [3.05, 3.63) is 17.0 Å². The van der Waals surface area contributed by atoms with Crippen LogP contribution in [-0.4, -0.2) is 49.3 Å². The second kappa shape index (κ2) is 9.07. The van der Waals surface area contributed by atoms with Crippen molar-refractivity contribution in [2.75, 3.05) is 33.0 Å². The first-order valence-electron chi connectivity index (χ1n) is 7.06. The minimum absolute atomic E-state index is 0.0827. The van der Waals surface area contributed by atoms with E-state index in [0.29, 0.717) is 33.0 Å². The minimum Gasteiger partial charge on any atom is -0.389 e. The normalized spacial score (nSPS) is 14.4. The Labute approximate surface area is 120 Å². The van der Waals surface area contributed by atoms with Gasteiger partial charge in [-0.3, -0.25) is 0 Å². The Morgan fingerprint density at radius 1 is 1.30 bits per heavy atom. The molecule has 2 unspecified atom stereocenters. The van der Waals surface area contributed by atoms with E-state index < -0.39 is 6.10 Å². The lowest BCUT2D eigenvalue weighted by molar-refractivity contribution is 0.00584. The maximum atomic E-state index is 9.82. The predicted molar refractivity (Wildman–Crippen MR) is 75.7 cm³/mol. The van der Waals surface area contributed by atoms with Gasteiger partial charge in [-0.2, -0.15) is 0 Å². The van der Waals surface area contributed by atoms with E-state index in [2.05, 4.69) is 10.5 Å². The molecule has 20 heavy (non-hydrogen) atoms. The molecule has 0 aromatic carbocycles. The number of nitrogens with one attached hydrogen (secondary N) is 1. The molecule has 0 aliphatic rings. The Morgan fingerprint density at radius 3 is 2.60 bits per heavy atom. The molecule has 1 heterocycles. The molecule has 6 heteroatoms. The van der Waals surface area contributed by atoms with Crippen molar-refractivity contribution in [1.29, 1.82) is 0 Å². The van der Waals surface area contributed by atoms with Crippen LogP contribution in [0.5, 0.6) is 0 Å². The third-order valence-corrected chi connectivity index (χ3v) is 3.07. The summed E-state index contributed by atoms with van der Waals surface area (Å²) in [5, 5.41) is 17.0. The number of nitrogens with zero attached hydrogens (tertiary/aromatic N) is 1. The molecule has 0 aliphatic heterocycles. The summed E-state index contributed by atoms with van der Waals surface area (Å²) in [5.41, 5.74) is 1.93. The van der Waals surface area contributed by atoms with Crippen molar-refractivity contribution in [3.8, 4) is 0 Å². The van der Waals surface area contributed by atoms with Gasteiger partial charge in [0.05, 0.1) is 31.6 Å². The Balaban J connectivity index is 2.22. The van der Waals surface area contributed by atoms with Crippen LogP contribution >= 0.6 is 0 Å². The molecule has 1 aromatic heterocycles. The van der Waals surface area contributed by atoms with Crippen molar-refractivity contribution in [2.24, 2.45) is 0 Å². The number of aromatic nitrogens is 1. The fourth-order valence-electron chi connectivity index (χ4n) is 2.06. The first-order valence-corrected chi connectivity index (χ1v) is 7.06. The van der Waals surface area contributed by atoms with Crippen molar-refractivity contribution in [3.63, 3.8) is 0 Å². The SMILES string of the molecule is CCOCCOCC(O)CNC(C)c1c(C)noc1C. The first kappa shape index (κ1) is 17.1. The fraction of sp³-hybridized carbons (Fsp3) is 0.786. The second-order valence-corrected chi connectivity index (χ2v) is 4.79. The van der Waals surface area contributed by atoms with Crippen LogP contribution in [0, 0.1) is 13.8 Å². The van der Waals surface area contributed by atoms with Crippen LogP contribution in [0.4, 0.5) is 0 Å². The van der Waals surface area contributed by atoms with Gasteiger partial charge in [0.15, 0.2) is 0 Å². The molecule has 2 atom stereocenters. The number of aryl methyl sites for hydroxylation is 2. The molecule has 2 N–H and O–H groups in total. The van der Waals surface area contributed by atoms with E-state index in [1.807, 2.05) is 27.7 Å². The molecule has 116 valence electrons. The molecule has 0 aliphatic carbocycles. The molecule has 0 bridgehead atoms. The molecule has 0 amide bonds. The zero-order valence-corrected chi connectivity index (χ0v) is 12.8. The van der Waals surface area contributed by atoms with Crippen molar-refractivity contribution < 1.29 is 19.1 Å². The van der Waals surface area contributed by atoms with Crippen LogP contribution < -0.4 is 5.32 Å². The van der Waals surface area contributed by atoms with E-state index in [-0.39, 0.29) is 6.04 Å². The van der Waals surface area contributed by atoms with Gasteiger partial charge in [-0.05, 0) is 27.7 Å². The van der Waals surface area contributed by atoms with Gasteiger partial charge in [-0.1, -0.05) is 5.16 Å². The number of aliphatic hydroxyl groups is 1. The van der Waals surface area contributed by atoms with E-state index in [4.69, 9.17) is 14.0 Å². The maximum absolute atomic E-state index is 9.82. The van der Waals surface area contributed by atoms with Crippen LogP contribution in [0.3, 0.4) is 0 Å². The van der Waals surface area contributed by atoms with Crippen molar-refractivity contribution >= 4 is 0 Å². The van der Waals surface area contributed by atoms with Gasteiger partial charge in [0.1, 0.15) is 5.76 Å². The van der Waals surface area contributed by atoms with Crippen LogP contribution in [0.15, 0.2) is 4.52 Å². The lowest BCUT2D eigenvalue weighted by atomic mass is 10.1. The second-order valence-electron chi connectivity index (χ2n) is 4.79. The standard InChI is InChI=1S/C14H26N2O4/c1-5-18-6-7-19-9-13(17)8-15-10(2)14-11(3)16-20-12(14)4/h10,13,15,17H,5-9H2,1-4H3. The minimum atomic E-state index is -0.542. The van der Waals surface area contributed by atoms with E-state index >= 15 is 0 Å². The lowest BCUT2D eigenvalue weighted by Crippen LogP contribution is -2.32. The Morgan fingerprint density at radius 2 is 2.00 bits per heavy atom. The average Bonchev–Trinajstić information content (AvgIpc) is 2.75. The number of hydrogen-bond donors (Lipinski definition) is 2. The van der Waals surface area contributed by atoms with Gasteiger partial charge >= 0.3 is 0 Å². The number of hydrogen-bond acceptors (Lipinski definition) is 6. The maximum Gasteiger partial charge on any atom is 0.138 e. The highest BCUT2D eigenvalue weighted by Crippen LogP contribution is 2.20. The van der Waals surface area contributed by atoms with Gasteiger partial charge in [-0.15, -0.1) is 0 Å². The summed E-state index contributed by atoms with van der Waals surface area (Å²) in [6.07, 6.45) is -0.542. The largest absolute Gasteiger partial charge is 0.389 e. The summed E-state index contributed by atoms with van der Waals surface area (Å²) in [5.74, 6) is 0.810. The fourth-order valence-corrected chi connectivity index (χ4v) is 2.06. The third kappa shape index (κ3) is 5.58. The van der Waals surface area contributed by atoms with Crippen molar-refractivity contribution in [1.82, 2.24) is 10.5 Å². The monoisotopic (exact) mass is 286 g/mol. The molecule has 1 rings (SSSR count). The molecule has 1 aromatic rings. The van der Waals surface area contributed by atoms with Crippen LogP contribution in [0.2, 0.25) is 0 Å². The van der Waals surface area contributed by atoms with E-state index in [0.717, 1.165) is 17.0 Å². The Kier molecular flexibility index (Phi) is 7.76. The zero-order chi connectivity index (χ0) is 15.0. The number of rotatable bonds is 10. The van der Waals surface area contributed by atoms with Gasteiger partial charge in [0.2, 0.25) is 0 Å². The zero-order valence-electron chi connectivity index (χ0n) is 12.8. The van der Waals surface area contributed by atoms with Crippen LogP contribution in [-0.2, 0) is 9.47 Å². The van der Waals surface area contributed by atoms with E-state index in [1.54, 1.807) is 0 Å². The molecule has 0 saturated heterocycles. The van der Waals surface area contributed by atoms with Gasteiger partial charge < -0.3 is 24.4 Å². The molecule has 0 fully saturated rings. The molecular formula is C14H26N2O4. The van der Waals surface area contributed by atoms with Gasteiger partial charge in [0, 0.05) is 24.8 Å². The summed E-state index contributed by atoms with van der Waals surface area (Å²) in [4.78, 5) is 0. The molecular weight excluding hydrogens is 260 g/mol. The highest BCUT2D eigenvalue weighted by atomic mass is 16.5. The summed E-state index contributed by atoms with van der Waals surface area (Å²) < 4.78 is 15.6. The molecule has 0 radical (unpaired) electrons. The lowest BCUT2D eigenvalue weighted by Gasteiger charge is -2.17. The summed E-state index contributed by atoms with van der Waals surface area (Å²) in [7, 11) is 0. The summed E-state index contributed by atoms with van der Waals surface area (Å²) in [6, 6.07) is 0.0827. The highest BCUT2D eigenvalue weighted by Gasteiger charge is 2.16. The summed E-state index contributed by atoms with van der Waals surface area (Å²) in [6.45, 7) is 10.3. The summed E-state index contributed by atoms with van der Waals surface area (Å²) >= 11 is 0. The topological polar surface area (TPSA) is 76.8 Å². The Bertz CT molecular complexity index is 362. The van der Waals surface area contributed by atoms with Crippen LogP contribution in [0.25, 0.3) is 0 Å². The third-order valence-electron chi connectivity index (χ3n) is 3.07. The van der Waals surface area contributed by atoms with Gasteiger partial charge in [0.25, 0.3) is 0 Å². The van der Waals surface area contributed by atoms with Gasteiger partial charge in [-0.25, -0.2) is 0 Å². The highest BCUT2D eigenvalue weighted by molar-refractivity contribution is 5.24. The van der Waals surface area contributed by atoms with E-state index in [1.165, 1.54) is 0 Å². The average molecular weight is 286 g/mol. The Hall–Kier alpha value is -0.950. The molecule has 0 saturated carbocycles. The first-order chi connectivity index (χ1) is 9.56. The molecule has 6 nitrogen and oxygen atoms in total. The van der Waals surface area contributed by atoms with Crippen LogP contribution in [0.1, 0.15) is 36.9 Å². The molecule has 0 spiro atoms. The smallest absolute Gasteiger partial charge is 0.138 e. The predicted octanol–water partition coefficient (Wildman–Crippen LogP) is 1.36. The van der Waals surface area contributed by atoms with E-state index in [9.17, 15) is 5.11 Å². The quantitative estimate of drug-likeness (QED) is 0.632. The number of ether oxygens (including phenoxy) is 2. The number of aliphatic hydroxyl groups excluding tert-OH is 1. The van der Waals surface area contributed by atoms with Crippen molar-refractivity contribution in [2.45, 2.75) is 39.8 Å².